The molecule has 0 aliphatic carbocycles. The Bertz CT molecular complexity index is 2020. The Morgan fingerprint density at radius 1 is 0.369 bits per heavy atom. The van der Waals surface area contributed by atoms with Crippen LogP contribution in [0.5, 0.6) is 0 Å². The van der Waals surface area contributed by atoms with E-state index in [2.05, 4.69) is 184 Å². The van der Waals surface area contributed by atoms with E-state index in [-0.39, 0.29) is 26.1 Å². The molecule has 0 aliphatic heterocycles. The molecule has 0 saturated heterocycles. The molecule has 2 unspecified atom stereocenters. The second-order valence-electron chi connectivity index (χ2n) is 22.4. The van der Waals surface area contributed by atoms with Gasteiger partial charge in [0.1, 0.15) is 19.8 Å². The highest BCUT2D eigenvalue weighted by molar-refractivity contribution is 7.45. The van der Waals surface area contributed by atoms with Gasteiger partial charge in [-0.25, -0.2) is 0 Å². The average molecular weight is 1180 g/mol. The van der Waals surface area contributed by atoms with Gasteiger partial charge in [-0.2, -0.15) is 0 Å². The Balaban J connectivity index is 4.20. The quantitative estimate of drug-likeness (QED) is 0.0195. The number of esters is 2. The van der Waals surface area contributed by atoms with Gasteiger partial charge in [0.25, 0.3) is 7.82 Å². The van der Waals surface area contributed by atoms with Crippen molar-refractivity contribution in [1.82, 2.24) is 0 Å². The summed E-state index contributed by atoms with van der Waals surface area (Å²) in [5.74, 6) is -0.867. The van der Waals surface area contributed by atoms with E-state index in [1.165, 1.54) is 38.5 Å². The van der Waals surface area contributed by atoms with Gasteiger partial charge < -0.3 is 27.9 Å². The molecule has 0 aromatic heterocycles. The number of allylic oxidation sites excluding steroid dienone is 28. The summed E-state index contributed by atoms with van der Waals surface area (Å²) in [7, 11) is 1.13. The van der Waals surface area contributed by atoms with Crippen molar-refractivity contribution in [2.24, 2.45) is 0 Å². The van der Waals surface area contributed by atoms with Gasteiger partial charge in [0, 0.05) is 12.8 Å². The Kier molecular flexibility index (Phi) is 59.4. The summed E-state index contributed by atoms with van der Waals surface area (Å²) in [6, 6.07) is 0. The number of unbranched alkanes of at least 4 members (excludes halogenated alkanes) is 16. The number of phosphoric ester groups is 1. The zero-order valence-electron chi connectivity index (χ0n) is 53.8. The molecule has 0 radical (unpaired) electrons. The molecule has 9 nitrogen and oxygen atoms in total. The highest BCUT2D eigenvalue weighted by atomic mass is 31.2. The van der Waals surface area contributed by atoms with Crippen molar-refractivity contribution < 1.29 is 42.1 Å². The van der Waals surface area contributed by atoms with Crippen LogP contribution in [0.1, 0.15) is 232 Å². The predicted octanol–water partition coefficient (Wildman–Crippen LogP) is 20.7. The predicted molar refractivity (Wildman–Crippen MR) is 360 cm³/mol. The Labute approximate surface area is 515 Å². The normalized spacial score (nSPS) is 14.3. The Morgan fingerprint density at radius 3 is 0.952 bits per heavy atom. The van der Waals surface area contributed by atoms with Crippen LogP contribution in [0.15, 0.2) is 170 Å². The fourth-order valence-corrected chi connectivity index (χ4v) is 8.99. The molecule has 0 aromatic rings. The first-order valence-corrected chi connectivity index (χ1v) is 34.3. The van der Waals surface area contributed by atoms with Crippen LogP contribution in [0.2, 0.25) is 0 Å². The van der Waals surface area contributed by atoms with E-state index < -0.39 is 32.5 Å². The van der Waals surface area contributed by atoms with Crippen LogP contribution in [0, 0.1) is 0 Å². The third-order valence-electron chi connectivity index (χ3n) is 13.2. The van der Waals surface area contributed by atoms with Gasteiger partial charge in [-0.3, -0.25) is 14.2 Å². The molecule has 0 amide bonds. The van der Waals surface area contributed by atoms with Crippen LogP contribution in [0.3, 0.4) is 0 Å². The molecule has 474 valence electrons. The third kappa shape index (κ3) is 66.5. The molecule has 0 N–H and O–H groups in total. The third-order valence-corrected chi connectivity index (χ3v) is 14.2. The number of likely N-dealkylation sites (N-methyl/N-ethyl adjacent to an activating group) is 1. The fraction of sp³-hybridized carbons (Fsp3) is 0.595. The highest BCUT2D eigenvalue weighted by Gasteiger charge is 2.22. The van der Waals surface area contributed by atoms with Crippen molar-refractivity contribution in [3.63, 3.8) is 0 Å². The van der Waals surface area contributed by atoms with Gasteiger partial charge >= 0.3 is 11.9 Å². The maximum Gasteiger partial charge on any atom is 0.306 e. The van der Waals surface area contributed by atoms with E-state index in [9.17, 15) is 19.0 Å². The van der Waals surface area contributed by atoms with Crippen LogP contribution < -0.4 is 4.89 Å². The van der Waals surface area contributed by atoms with Crippen LogP contribution in [0.25, 0.3) is 0 Å². The number of carbonyl (C=O) groups excluding carboxylic acids is 2. The van der Waals surface area contributed by atoms with Gasteiger partial charge in [0.05, 0.1) is 27.7 Å². The molecule has 0 aromatic carbocycles. The summed E-state index contributed by atoms with van der Waals surface area (Å²) in [5, 5.41) is 0. The lowest BCUT2D eigenvalue weighted by molar-refractivity contribution is -0.870. The van der Waals surface area contributed by atoms with Crippen LogP contribution in [-0.4, -0.2) is 70.0 Å². The first kappa shape index (κ1) is 79.4. The van der Waals surface area contributed by atoms with E-state index in [4.69, 9.17) is 18.5 Å². The summed E-state index contributed by atoms with van der Waals surface area (Å²) < 4.78 is 34.2. The highest BCUT2D eigenvalue weighted by Crippen LogP contribution is 2.38. The monoisotopic (exact) mass is 1180 g/mol. The number of ether oxygens (including phenoxy) is 2. The van der Waals surface area contributed by atoms with E-state index in [0.29, 0.717) is 23.9 Å². The number of hydrogen-bond donors (Lipinski definition) is 0. The fourth-order valence-electron chi connectivity index (χ4n) is 8.26. The summed E-state index contributed by atoms with van der Waals surface area (Å²) in [4.78, 5) is 38.0. The van der Waals surface area contributed by atoms with E-state index >= 15 is 0 Å². The summed E-state index contributed by atoms with van der Waals surface area (Å²) >= 11 is 0. The van der Waals surface area contributed by atoms with Gasteiger partial charge in [-0.05, 0) is 128 Å². The number of rotatable bonds is 58. The Morgan fingerprint density at radius 2 is 0.643 bits per heavy atom. The first-order valence-electron chi connectivity index (χ1n) is 32.8. The smallest absolute Gasteiger partial charge is 0.306 e. The van der Waals surface area contributed by atoms with Crippen molar-refractivity contribution in [2.75, 3.05) is 47.5 Å². The van der Waals surface area contributed by atoms with Crippen LogP contribution in [0.4, 0.5) is 0 Å². The molecule has 0 aliphatic rings. The number of hydrogen-bond acceptors (Lipinski definition) is 8. The molecule has 84 heavy (non-hydrogen) atoms. The lowest BCUT2D eigenvalue weighted by Gasteiger charge is -2.28. The molecule has 0 bridgehead atoms. The maximum atomic E-state index is 12.8. The molecule has 0 fully saturated rings. The minimum absolute atomic E-state index is 0.0441. The maximum absolute atomic E-state index is 12.8. The molecule has 0 spiro atoms. The van der Waals surface area contributed by atoms with Crippen molar-refractivity contribution in [3.8, 4) is 0 Å². The second kappa shape index (κ2) is 62.9. The zero-order chi connectivity index (χ0) is 61.2. The topological polar surface area (TPSA) is 111 Å². The molecule has 0 rings (SSSR count). The van der Waals surface area contributed by atoms with Crippen molar-refractivity contribution in [1.29, 1.82) is 0 Å². The summed E-state index contributed by atoms with van der Waals surface area (Å²) in [6.07, 6.45) is 95.5. The minimum Gasteiger partial charge on any atom is -0.756 e. The molecule has 0 heterocycles. The van der Waals surface area contributed by atoms with Gasteiger partial charge in [-0.15, -0.1) is 0 Å². The van der Waals surface area contributed by atoms with Crippen LogP contribution >= 0.6 is 7.82 Å². The minimum atomic E-state index is -4.66. The van der Waals surface area contributed by atoms with E-state index in [0.717, 1.165) is 154 Å². The lowest BCUT2D eigenvalue weighted by atomic mass is 10.1. The van der Waals surface area contributed by atoms with E-state index in [1.807, 2.05) is 21.1 Å². The zero-order valence-corrected chi connectivity index (χ0v) is 54.7. The SMILES string of the molecule is CC/C=C\C/C=C\C/C=C\C/C=C\C/C=C\C/C=C\C/C=C\C/C=C\C/C=C\C/C=C\CCCCCCCCC(=O)OC(COC(=O)CCCCCCCCCCCC/C=C\C/C=C\C/C=C\C/C=C\CC)COP(=O)([O-])OCC[N+](C)(C)C. The van der Waals surface area contributed by atoms with Crippen LogP contribution in [-0.2, 0) is 32.7 Å². The number of carbonyl (C=O) groups is 2. The molecular formula is C74H120NO8P. The van der Waals surface area contributed by atoms with Gasteiger partial charge in [0.2, 0.25) is 0 Å². The number of nitrogens with zero attached hydrogens (tertiary/aromatic N) is 1. The summed E-state index contributed by atoms with van der Waals surface area (Å²) in [6.45, 7) is 3.97. The van der Waals surface area contributed by atoms with E-state index in [1.54, 1.807) is 0 Å². The number of phosphoric acid groups is 1. The molecule has 10 heteroatoms. The van der Waals surface area contributed by atoms with Crippen molar-refractivity contribution in [2.45, 2.75) is 238 Å². The number of quaternary nitrogens is 1. The van der Waals surface area contributed by atoms with Crippen molar-refractivity contribution in [3.05, 3.63) is 170 Å². The Hall–Kier alpha value is -4.63. The summed E-state index contributed by atoms with van der Waals surface area (Å²) in [5.41, 5.74) is 0. The van der Waals surface area contributed by atoms with Crippen molar-refractivity contribution >= 4 is 19.8 Å². The molecular weight excluding hydrogens is 1060 g/mol. The largest absolute Gasteiger partial charge is 0.756 e. The van der Waals surface area contributed by atoms with Gasteiger partial charge in [-0.1, -0.05) is 261 Å². The lowest BCUT2D eigenvalue weighted by Crippen LogP contribution is -2.37. The second-order valence-corrected chi connectivity index (χ2v) is 23.8. The average Bonchev–Trinajstić information content (AvgIpc) is 3.61. The standard InChI is InChI=1S/C74H120NO8P/c1-6-8-10-12-14-16-18-20-22-24-26-28-30-31-32-33-34-35-36-37-38-39-40-41-42-43-45-47-49-51-53-55-57-59-61-63-65-67-74(77)83-72(71-82-84(78,79)81-69-68-75(3,4)5)70-80-73(76)66-64-62-60-58-56-54-52-50-48-46-44-29-27-25-23-21-19-17-15-13-11-9-7-2/h8-11,14-17,20-23,26-29,31-32,34-35,37-38,40-41,43,45,49,51,72H,6-7,12-13,18-19,24-25,30,33,36,39,42,44,46-48,50,52-71H2,1-5H3/b10-8-,11-9-,16-14-,17-15-,22-20-,23-21-,28-26-,29-27-,32-31-,35-34-,38-37-,41-40-,45-43-,51-49-. The molecule has 2 atom stereocenters. The molecule has 0 saturated carbocycles. The first-order chi connectivity index (χ1) is 41.0. The van der Waals surface area contributed by atoms with Gasteiger partial charge in [0.15, 0.2) is 6.10 Å².